The number of nitrogens with one attached hydrogen (secondary N) is 1. The molecular weight excluding hydrogens is 226 g/mol. The third-order valence-corrected chi connectivity index (χ3v) is 2.77. The van der Waals surface area contributed by atoms with Crippen LogP contribution in [0, 0.1) is 6.92 Å². The summed E-state index contributed by atoms with van der Waals surface area (Å²) in [4.78, 5) is 8.53. The van der Waals surface area contributed by atoms with Gasteiger partial charge in [-0.25, -0.2) is 9.97 Å². The van der Waals surface area contributed by atoms with Crippen LogP contribution in [0.25, 0.3) is 0 Å². The number of hydrogen-bond acceptors (Lipinski definition) is 3. The fourth-order valence-electron chi connectivity index (χ4n) is 1.93. The number of nitrogens with zero attached hydrogens (tertiary/aromatic N) is 4. The maximum absolute atomic E-state index is 4.48. The van der Waals surface area contributed by atoms with Gasteiger partial charge in [-0.3, -0.25) is 0 Å². The van der Waals surface area contributed by atoms with Crippen molar-refractivity contribution in [2.75, 3.05) is 11.9 Å². The molecule has 96 valence electrons. The normalized spacial score (nSPS) is 12.3. The van der Waals surface area contributed by atoms with E-state index in [0.29, 0.717) is 12.6 Å². The van der Waals surface area contributed by atoms with E-state index >= 15 is 0 Å². The lowest BCUT2D eigenvalue weighted by Gasteiger charge is -2.17. The van der Waals surface area contributed by atoms with Gasteiger partial charge in [0.05, 0.1) is 18.1 Å². The summed E-state index contributed by atoms with van der Waals surface area (Å²) in [5.41, 5.74) is 1.01. The molecule has 2 aromatic rings. The van der Waals surface area contributed by atoms with Crippen molar-refractivity contribution in [1.82, 2.24) is 19.1 Å². The molecule has 0 saturated carbocycles. The van der Waals surface area contributed by atoms with Gasteiger partial charge in [0.25, 0.3) is 0 Å². The van der Waals surface area contributed by atoms with Crippen molar-refractivity contribution >= 4 is 5.95 Å². The second kappa shape index (κ2) is 5.53. The SMILES string of the molecule is C=CCNc1nc(C)cn1C(C)Cn1ccnc1. The van der Waals surface area contributed by atoms with E-state index < -0.39 is 0 Å². The molecule has 1 atom stereocenters. The van der Waals surface area contributed by atoms with E-state index in [1.165, 1.54) is 0 Å². The van der Waals surface area contributed by atoms with E-state index in [0.717, 1.165) is 18.2 Å². The molecule has 0 aromatic carbocycles. The molecule has 2 heterocycles. The Labute approximate surface area is 107 Å². The highest BCUT2D eigenvalue weighted by Crippen LogP contribution is 2.17. The minimum atomic E-state index is 0.313. The van der Waals surface area contributed by atoms with Gasteiger partial charge in [0.15, 0.2) is 0 Å². The molecule has 0 amide bonds. The number of hydrogen-bond donors (Lipinski definition) is 1. The molecule has 1 N–H and O–H groups in total. The summed E-state index contributed by atoms with van der Waals surface area (Å²) in [5.74, 6) is 0.889. The molecular formula is C13H19N5. The third kappa shape index (κ3) is 2.80. The first kappa shape index (κ1) is 12.4. The zero-order chi connectivity index (χ0) is 13.0. The van der Waals surface area contributed by atoms with E-state index in [4.69, 9.17) is 0 Å². The molecule has 2 rings (SSSR count). The number of aromatic nitrogens is 4. The fourth-order valence-corrected chi connectivity index (χ4v) is 1.93. The first-order valence-corrected chi connectivity index (χ1v) is 6.06. The molecule has 0 aliphatic rings. The summed E-state index contributed by atoms with van der Waals surface area (Å²) < 4.78 is 4.22. The molecule has 5 heteroatoms. The van der Waals surface area contributed by atoms with Crippen molar-refractivity contribution < 1.29 is 0 Å². The van der Waals surface area contributed by atoms with Crippen LogP contribution in [0.15, 0.2) is 37.6 Å². The number of imidazole rings is 2. The molecule has 0 spiro atoms. The Bertz CT molecular complexity index is 497. The quantitative estimate of drug-likeness (QED) is 0.794. The van der Waals surface area contributed by atoms with E-state index in [1.54, 1.807) is 6.20 Å². The average molecular weight is 245 g/mol. The minimum absolute atomic E-state index is 0.313. The minimum Gasteiger partial charge on any atom is -0.352 e. The predicted octanol–water partition coefficient (Wildman–Crippen LogP) is 2.25. The summed E-state index contributed by atoms with van der Waals surface area (Å²) in [6, 6.07) is 0.313. The molecule has 2 aromatic heterocycles. The summed E-state index contributed by atoms with van der Waals surface area (Å²) in [6.07, 6.45) is 9.49. The topological polar surface area (TPSA) is 47.7 Å². The van der Waals surface area contributed by atoms with Gasteiger partial charge < -0.3 is 14.5 Å². The van der Waals surface area contributed by atoms with Gasteiger partial charge in [0, 0.05) is 31.7 Å². The van der Waals surface area contributed by atoms with Gasteiger partial charge in [0.1, 0.15) is 0 Å². The van der Waals surface area contributed by atoms with Crippen molar-refractivity contribution in [3.63, 3.8) is 0 Å². The Morgan fingerprint density at radius 3 is 3.06 bits per heavy atom. The van der Waals surface area contributed by atoms with Gasteiger partial charge in [-0.2, -0.15) is 0 Å². The van der Waals surface area contributed by atoms with Gasteiger partial charge >= 0.3 is 0 Å². The standard InChI is InChI=1S/C13H19N5/c1-4-5-15-13-16-11(2)8-18(13)12(3)9-17-7-6-14-10-17/h4,6-8,10,12H,1,5,9H2,2-3H3,(H,15,16). The first-order valence-electron chi connectivity index (χ1n) is 6.06. The zero-order valence-corrected chi connectivity index (χ0v) is 10.9. The zero-order valence-electron chi connectivity index (χ0n) is 10.9. The number of aryl methyl sites for hydroxylation is 1. The second-order valence-corrected chi connectivity index (χ2v) is 4.39. The maximum Gasteiger partial charge on any atom is 0.203 e. The van der Waals surface area contributed by atoms with Crippen LogP contribution in [-0.4, -0.2) is 25.6 Å². The van der Waals surface area contributed by atoms with Gasteiger partial charge in [-0.15, -0.1) is 6.58 Å². The van der Waals surface area contributed by atoms with Crippen molar-refractivity contribution in [2.45, 2.75) is 26.4 Å². The Morgan fingerprint density at radius 1 is 1.56 bits per heavy atom. The molecule has 0 fully saturated rings. The van der Waals surface area contributed by atoms with E-state index in [2.05, 4.69) is 44.1 Å². The van der Waals surface area contributed by atoms with Crippen LogP contribution < -0.4 is 5.32 Å². The van der Waals surface area contributed by atoms with Crippen LogP contribution in [0.5, 0.6) is 0 Å². The van der Waals surface area contributed by atoms with Crippen molar-refractivity contribution in [1.29, 1.82) is 0 Å². The molecule has 0 radical (unpaired) electrons. The predicted molar refractivity (Wildman–Crippen MR) is 72.6 cm³/mol. The van der Waals surface area contributed by atoms with Crippen molar-refractivity contribution in [2.24, 2.45) is 0 Å². The van der Waals surface area contributed by atoms with Crippen LogP contribution >= 0.6 is 0 Å². The molecule has 5 nitrogen and oxygen atoms in total. The highest BCUT2D eigenvalue weighted by atomic mass is 15.2. The van der Waals surface area contributed by atoms with Crippen LogP contribution in [0.2, 0.25) is 0 Å². The second-order valence-electron chi connectivity index (χ2n) is 4.39. The first-order chi connectivity index (χ1) is 8.70. The van der Waals surface area contributed by atoms with Crippen LogP contribution in [0.1, 0.15) is 18.7 Å². The Hall–Kier alpha value is -2.04. The molecule has 1 unspecified atom stereocenters. The average Bonchev–Trinajstić information content (AvgIpc) is 2.96. The molecule has 0 aliphatic carbocycles. The summed E-state index contributed by atoms with van der Waals surface area (Å²) >= 11 is 0. The number of rotatable bonds is 6. The lowest BCUT2D eigenvalue weighted by atomic mass is 10.3. The molecule has 18 heavy (non-hydrogen) atoms. The molecule has 0 saturated heterocycles. The largest absolute Gasteiger partial charge is 0.352 e. The highest BCUT2D eigenvalue weighted by molar-refractivity contribution is 5.30. The Balaban J connectivity index is 2.13. The lowest BCUT2D eigenvalue weighted by Crippen LogP contribution is -2.15. The van der Waals surface area contributed by atoms with E-state index in [9.17, 15) is 0 Å². The summed E-state index contributed by atoms with van der Waals surface area (Å²) in [6.45, 7) is 9.46. The monoisotopic (exact) mass is 245 g/mol. The fraction of sp³-hybridized carbons (Fsp3) is 0.385. The lowest BCUT2D eigenvalue weighted by molar-refractivity contribution is 0.467. The van der Waals surface area contributed by atoms with Crippen LogP contribution in [-0.2, 0) is 6.54 Å². The molecule has 0 bridgehead atoms. The Kier molecular flexibility index (Phi) is 3.82. The smallest absolute Gasteiger partial charge is 0.203 e. The van der Waals surface area contributed by atoms with Gasteiger partial charge in [0.2, 0.25) is 5.95 Å². The van der Waals surface area contributed by atoms with Gasteiger partial charge in [-0.05, 0) is 13.8 Å². The van der Waals surface area contributed by atoms with E-state index in [-0.39, 0.29) is 0 Å². The summed E-state index contributed by atoms with van der Waals surface area (Å²) in [5, 5.41) is 3.25. The van der Waals surface area contributed by atoms with Crippen LogP contribution in [0.4, 0.5) is 5.95 Å². The maximum atomic E-state index is 4.48. The third-order valence-electron chi connectivity index (χ3n) is 2.77. The summed E-state index contributed by atoms with van der Waals surface area (Å²) in [7, 11) is 0. The van der Waals surface area contributed by atoms with Crippen LogP contribution in [0.3, 0.4) is 0 Å². The van der Waals surface area contributed by atoms with E-state index in [1.807, 2.05) is 25.5 Å². The Morgan fingerprint density at radius 2 is 2.39 bits per heavy atom. The molecule has 0 aliphatic heterocycles. The van der Waals surface area contributed by atoms with Crippen molar-refractivity contribution in [3.05, 3.63) is 43.3 Å². The van der Waals surface area contributed by atoms with Crippen molar-refractivity contribution in [3.8, 4) is 0 Å². The highest BCUT2D eigenvalue weighted by Gasteiger charge is 2.11. The number of anilines is 1. The van der Waals surface area contributed by atoms with Gasteiger partial charge in [-0.1, -0.05) is 6.08 Å².